The molecule has 0 saturated carbocycles. The van der Waals surface area contributed by atoms with Crippen LogP contribution < -0.4 is 42.0 Å². The second kappa shape index (κ2) is 21.7. The van der Waals surface area contributed by atoms with E-state index >= 15 is 0 Å². The third-order valence-corrected chi connectivity index (χ3v) is 15.9. The second-order valence-electron chi connectivity index (χ2n) is 13.5. The molecule has 1 aliphatic heterocycles. The average molecular weight is 904 g/mol. The molecular formula is C48H48N3O9P3. The molecule has 0 spiro atoms. The van der Waals surface area contributed by atoms with E-state index in [9.17, 15) is 0 Å². The van der Waals surface area contributed by atoms with Gasteiger partial charge in [-0.1, -0.05) is 91.0 Å². The van der Waals surface area contributed by atoms with Crippen molar-refractivity contribution < 1.29 is 42.0 Å². The Balaban J connectivity index is 1.55. The number of allylic oxidation sites excluding steroid dienone is 3. The van der Waals surface area contributed by atoms with Crippen molar-refractivity contribution in [3.05, 3.63) is 200 Å². The topological polar surface area (TPSA) is 102 Å². The second-order valence-corrected chi connectivity index (χ2v) is 19.0. The maximum atomic E-state index is 7.27. The fourth-order valence-electron chi connectivity index (χ4n) is 6.11. The van der Waals surface area contributed by atoms with Crippen LogP contribution in [-0.2, 0) is 19.3 Å². The van der Waals surface area contributed by atoms with Crippen molar-refractivity contribution in [2.45, 2.75) is 19.3 Å². The van der Waals surface area contributed by atoms with Gasteiger partial charge in [0.2, 0.25) is 0 Å². The van der Waals surface area contributed by atoms with Gasteiger partial charge in [0.1, 0.15) is 17.2 Å². The zero-order valence-corrected chi connectivity index (χ0v) is 37.9. The summed E-state index contributed by atoms with van der Waals surface area (Å²) < 4.78 is 54.9. The Kier molecular flexibility index (Phi) is 15.4. The van der Waals surface area contributed by atoms with Crippen molar-refractivity contribution in [2.75, 3.05) is 21.3 Å². The van der Waals surface area contributed by atoms with Gasteiger partial charge >= 0.3 is 24.6 Å². The number of para-hydroxylation sites is 3. The molecule has 0 N–H and O–H groups in total. The first-order chi connectivity index (χ1) is 30.9. The molecule has 7 rings (SSSR count). The number of hydrogen-bond acceptors (Lipinski definition) is 12. The minimum Gasteiger partial charge on any atom is -0.493 e. The number of ether oxygens (including phenoxy) is 3. The van der Waals surface area contributed by atoms with E-state index in [1.54, 1.807) is 44.1 Å². The highest BCUT2D eigenvalue weighted by molar-refractivity contribution is 7.78. The van der Waals surface area contributed by atoms with E-state index in [-0.39, 0.29) is 0 Å². The summed E-state index contributed by atoms with van der Waals surface area (Å²) in [6, 6.07) is 44.8. The smallest absolute Gasteiger partial charge is 0.447 e. The number of rotatable bonds is 21. The fraction of sp³-hybridized carbons (Fsp3) is 0.125. The Hall–Kier alpha value is -6.25. The van der Waals surface area contributed by atoms with Crippen molar-refractivity contribution in [1.29, 1.82) is 0 Å². The molecule has 0 amide bonds. The fourth-order valence-corrected chi connectivity index (χ4v) is 13.6. The molecule has 2 atom stereocenters. The van der Waals surface area contributed by atoms with Crippen LogP contribution >= 0.6 is 24.6 Å². The van der Waals surface area contributed by atoms with Gasteiger partial charge in [0.05, 0.1) is 21.3 Å². The van der Waals surface area contributed by atoms with Crippen molar-refractivity contribution in [1.82, 2.24) is 9.21 Å². The zero-order valence-electron chi connectivity index (χ0n) is 35.2. The summed E-state index contributed by atoms with van der Waals surface area (Å²) in [4.78, 5) is 13.9. The molecule has 0 bridgehead atoms. The molecule has 324 valence electrons. The van der Waals surface area contributed by atoms with Crippen LogP contribution in [0.15, 0.2) is 188 Å². The first-order valence-corrected chi connectivity index (χ1v) is 23.7. The van der Waals surface area contributed by atoms with Crippen LogP contribution in [0.4, 0.5) is 0 Å². The van der Waals surface area contributed by atoms with E-state index in [2.05, 4.69) is 19.7 Å². The zero-order chi connectivity index (χ0) is 44.0. The Morgan fingerprint density at radius 2 is 0.905 bits per heavy atom. The van der Waals surface area contributed by atoms with Crippen LogP contribution in [0.5, 0.6) is 51.7 Å². The molecule has 6 aromatic carbocycles. The van der Waals surface area contributed by atoms with E-state index in [4.69, 9.17) is 46.5 Å². The maximum Gasteiger partial charge on any atom is 0.447 e. The predicted molar refractivity (Wildman–Crippen MR) is 251 cm³/mol. The van der Waals surface area contributed by atoms with E-state index in [1.807, 2.05) is 146 Å². The van der Waals surface area contributed by atoms with Crippen LogP contribution in [-0.4, -0.2) is 30.5 Å². The van der Waals surface area contributed by atoms with Gasteiger partial charge in [-0.15, -0.1) is 24.3 Å². The lowest BCUT2D eigenvalue weighted by molar-refractivity contribution is 0.0523. The van der Waals surface area contributed by atoms with Gasteiger partial charge in [0, 0.05) is 9.21 Å². The standard InChI is InChI=1S/C48H48N3O9P3/c1-7-19-37-28-31-43(46(34-37)52-4)56-51-62(58-42-26-17-12-18-27-42)50(55-40-22-13-10-14-23-40)61(57-41-24-15-11-16-25-41)49-63(51,59-44-32-29-38(20-8-2)35-47(44)53-5)60-45-33-30-39(21-9-3)36-48(45)54-6/h7-18,22-36H,1-3,19-21H2,4-6H3. The molecule has 12 nitrogen and oxygen atoms in total. The first kappa shape index (κ1) is 44.8. The maximum absolute atomic E-state index is 7.27. The lowest BCUT2D eigenvalue weighted by Gasteiger charge is -2.44. The van der Waals surface area contributed by atoms with Crippen molar-refractivity contribution in [2.24, 2.45) is 4.52 Å². The van der Waals surface area contributed by atoms with Crippen LogP contribution in [0.2, 0.25) is 0 Å². The largest absolute Gasteiger partial charge is 0.493 e. The van der Waals surface area contributed by atoms with Gasteiger partial charge in [-0.2, -0.15) is 0 Å². The number of hydrogen-bond donors (Lipinski definition) is 0. The van der Waals surface area contributed by atoms with Gasteiger partial charge in [-0.25, -0.2) is 0 Å². The summed E-state index contributed by atoms with van der Waals surface area (Å²) in [6.45, 7) is 11.8. The van der Waals surface area contributed by atoms with E-state index in [0.717, 1.165) is 16.7 Å². The number of methoxy groups -OCH3 is 3. The summed E-state index contributed by atoms with van der Waals surface area (Å²) in [5.74, 6) is 3.63. The van der Waals surface area contributed by atoms with Gasteiger partial charge in [-0.3, -0.25) is 0 Å². The first-order valence-electron chi connectivity index (χ1n) is 19.8. The van der Waals surface area contributed by atoms with Crippen LogP contribution in [0.3, 0.4) is 0 Å². The summed E-state index contributed by atoms with van der Waals surface area (Å²) in [5, 5.41) is 0. The van der Waals surface area contributed by atoms with Gasteiger partial charge in [0.15, 0.2) is 34.5 Å². The third kappa shape index (κ3) is 11.0. The van der Waals surface area contributed by atoms with Crippen LogP contribution in [0, 0.1) is 0 Å². The average Bonchev–Trinajstić information content (AvgIpc) is 3.31. The van der Waals surface area contributed by atoms with Crippen LogP contribution in [0.25, 0.3) is 0 Å². The number of nitrogens with zero attached hydrogens (tertiary/aromatic N) is 3. The molecule has 0 fully saturated rings. The molecular weight excluding hydrogens is 855 g/mol. The van der Waals surface area contributed by atoms with Gasteiger partial charge < -0.3 is 42.0 Å². The lowest BCUT2D eigenvalue weighted by atomic mass is 10.1. The minimum atomic E-state index is -4.18. The highest BCUT2D eigenvalue weighted by Gasteiger charge is 2.58. The highest BCUT2D eigenvalue weighted by Crippen LogP contribution is 2.78. The van der Waals surface area contributed by atoms with Crippen molar-refractivity contribution in [3.63, 3.8) is 0 Å². The van der Waals surface area contributed by atoms with Crippen molar-refractivity contribution in [3.8, 4) is 51.7 Å². The van der Waals surface area contributed by atoms with E-state index < -0.39 is 24.6 Å². The number of benzene rings is 6. The molecule has 0 saturated heterocycles. The molecule has 0 aromatic heterocycles. The minimum absolute atomic E-state index is 0.299. The Morgan fingerprint density at radius 3 is 1.35 bits per heavy atom. The highest BCUT2D eigenvalue weighted by atomic mass is 31.3. The molecule has 0 aliphatic carbocycles. The quantitative estimate of drug-likeness (QED) is 0.0509. The summed E-state index contributed by atoms with van der Waals surface area (Å²) in [6.07, 6.45) is 7.25. The van der Waals surface area contributed by atoms with Crippen molar-refractivity contribution >= 4 is 24.6 Å². The Bertz CT molecular complexity index is 2470. The molecule has 2 unspecified atom stereocenters. The monoisotopic (exact) mass is 903 g/mol. The summed E-state index contributed by atoms with van der Waals surface area (Å²) in [5.41, 5.74) is 2.86. The predicted octanol–water partition coefficient (Wildman–Crippen LogP) is 13.5. The molecule has 6 aromatic rings. The third-order valence-electron chi connectivity index (χ3n) is 9.07. The van der Waals surface area contributed by atoms with Gasteiger partial charge in [0.25, 0.3) is 0 Å². The molecule has 1 aliphatic rings. The Morgan fingerprint density at radius 1 is 0.492 bits per heavy atom. The summed E-state index contributed by atoms with van der Waals surface area (Å²) >= 11 is 0. The van der Waals surface area contributed by atoms with E-state index in [0.29, 0.717) is 71.0 Å². The summed E-state index contributed by atoms with van der Waals surface area (Å²) in [7, 11) is -4.10. The Labute approximate surface area is 371 Å². The lowest BCUT2D eigenvalue weighted by Crippen LogP contribution is -2.37. The van der Waals surface area contributed by atoms with Crippen LogP contribution in [0.1, 0.15) is 16.7 Å². The van der Waals surface area contributed by atoms with Gasteiger partial charge in [-0.05, 0) is 109 Å². The molecule has 1 heterocycles. The van der Waals surface area contributed by atoms with E-state index in [1.165, 1.54) is 4.60 Å². The SMILES string of the molecule is C=CCc1ccc(ON2P(Oc3ccccc3)N(Oc3ccccc3)P(Oc3ccccc3)N=P2(Oc2ccc(CC=C)cc2OC)Oc2ccc(CC=C)cc2OC)c(OC)c1. The normalized spacial score (nSPS) is 15.7. The molecule has 63 heavy (non-hydrogen) atoms. The molecule has 15 heteroatoms. The molecule has 0 radical (unpaired) electrons.